The first-order valence-corrected chi connectivity index (χ1v) is 8.87. The predicted molar refractivity (Wildman–Crippen MR) is 103 cm³/mol. The van der Waals surface area contributed by atoms with Gasteiger partial charge in [0.1, 0.15) is 11.4 Å². The monoisotopic (exact) mass is 401 g/mol. The molecule has 9 heteroatoms. The Hall–Kier alpha value is -3.49. The molecule has 0 unspecified atom stereocenters. The topological polar surface area (TPSA) is 48.1 Å². The summed E-state index contributed by atoms with van der Waals surface area (Å²) in [6.45, 7) is 6.87. The van der Waals surface area contributed by atoms with E-state index in [4.69, 9.17) is 0 Å². The Morgan fingerprint density at radius 2 is 1.90 bits per heavy atom. The van der Waals surface area contributed by atoms with E-state index in [9.17, 15) is 13.2 Å². The molecule has 6 nitrogen and oxygen atoms in total. The third-order valence-electron chi connectivity index (χ3n) is 4.63. The molecule has 0 bridgehead atoms. The summed E-state index contributed by atoms with van der Waals surface area (Å²) in [4.78, 5) is 6.26. The molecule has 0 radical (unpaired) electrons. The van der Waals surface area contributed by atoms with Gasteiger partial charge < -0.3 is 14.2 Å². The van der Waals surface area contributed by atoms with Crippen LogP contribution in [0, 0.1) is 0 Å². The van der Waals surface area contributed by atoms with Crippen molar-refractivity contribution in [1.29, 1.82) is 0 Å². The number of fused-ring (bicyclic) bond motifs is 1. The van der Waals surface area contributed by atoms with Gasteiger partial charge in [-0.05, 0) is 31.2 Å². The van der Waals surface area contributed by atoms with Gasteiger partial charge in [-0.1, -0.05) is 6.58 Å². The van der Waals surface area contributed by atoms with Crippen molar-refractivity contribution in [3.63, 3.8) is 0 Å². The number of halogens is 3. The van der Waals surface area contributed by atoms with Crippen molar-refractivity contribution in [2.24, 2.45) is 7.05 Å². The number of benzene rings is 1. The molecule has 150 valence electrons. The molecule has 2 aromatic heterocycles. The van der Waals surface area contributed by atoms with E-state index in [2.05, 4.69) is 21.4 Å². The van der Waals surface area contributed by atoms with Crippen LogP contribution in [0.5, 0.6) is 5.75 Å². The van der Waals surface area contributed by atoms with E-state index in [1.807, 2.05) is 35.6 Å². The van der Waals surface area contributed by atoms with Gasteiger partial charge in [0, 0.05) is 42.8 Å². The molecule has 0 amide bonds. The molecule has 0 aliphatic carbocycles. The van der Waals surface area contributed by atoms with E-state index in [1.165, 1.54) is 12.1 Å². The molecule has 3 aromatic rings. The smallest absolute Gasteiger partial charge is 0.406 e. The van der Waals surface area contributed by atoms with E-state index >= 15 is 0 Å². The molecule has 4 rings (SSSR count). The summed E-state index contributed by atoms with van der Waals surface area (Å²) in [5.41, 5.74) is 4.66. The molecule has 0 N–H and O–H groups in total. The zero-order chi connectivity index (χ0) is 20.8. The van der Waals surface area contributed by atoms with E-state index in [0.717, 1.165) is 23.4 Å². The van der Waals surface area contributed by atoms with Crippen LogP contribution in [0.2, 0.25) is 0 Å². The number of imidazole rings is 1. The number of anilines is 1. The van der Waals surface area contributed by atoms with E-state index in [0.29, 0.717) is 17.1 Å². The number of hydrogen-bond acceptors (Lipinski definition) is 4. The van der Waals surface area contributed by atoms with Gasteiger partial charge in [0.2, 0.25) is 0 Å². The van der Waals surface area contributed by atoms with Gasteiger partial charge in [-0.3, -0.25) is 4.68 Å². The maximum absolute atomic E-state index is 12.4. The minimum atomic E-state index is -4.73. The van der Waals surface area contributed by atoms with Crippen LogP contribution in [0.4, 0.5) is 18.9 Å². The first-order valence-electron chi connectivity index (χ1n) is 8.87. The Bertz CT molecular complexity index is 1090. The number of aromatic nitrogens is 4. The number of ether oxygens (including phenoxy) is 1. The zero-order valence-electron chi connectivity index (χ0n) is 15.8. The molecule has 0 saturated carbocycles. The van der Waals surface area contributed by atoms with Crippen molar-refractivity contribution in [2.75, 3.05) is 4.90 Å². The van der Waals surface area contributed by atoms with Gasteiger partial charge in [0.05, 0.1) is 23.9 Å². The summed E-state index contributed by atoms with van der Waals surface area (Å²) in [5.74, 6) is -0.282. The molecule has 1 aromatic carbocycles. The minimum absolute atomic E-state index is 0.282. The number of aryl methyl sites for hydroxylation is 2. The lowest BCUT2D eigenvalue weighted by atomic mass is 10.00. The van der Waals surface area contributed by atoms with Crippen molar-refractivity contribution in [2.45, 2.75) is 19.8 Å². The molecule has 1 aliphatic heterocycles. The van der Waals surface area contributed by atoms with Crippen molar-refractivity contribution < 1.29 is 17.9 Å². The quantitative estimate of drug-likeness (QED) is 0.650. The summed E-state index contributed by atoms with van der Waals surface area (Å²) in [5, 5.41) is 4.34. The predicted octanol–water partition coefficient (Wildman–Crippen LogP) is 4.42. The van der Waals surface area contributed by atoms with Crippen LogP contribution in [-0.2, 0) is 13.6 Å². The molecule has 0 saturated heterocycles. The molecule has 0 atom stereocenters. The highest BCUT2D eigenvalue weighted by Crippen LogP contribution is 2.39. The Labute approximate surface area is 165 Å². The van der Waals surface area contributed by atoms with Crippen LogP contribution in [0.1, 0.15) is 23.9 Å². The average Bonchev–Trinajstić information content (AvgIpc) is 3.29. The Balaban J connectivity index is 1.76. The molecule has 3 heterocycles. The fourth-order valence-electron chi connectivity index (χ4n) is 3.27. The second-order valence-corrected chi connectivity index (χ2v) is 6.54. The van der Waals surface area contributed by atoms with Crippen molar-refractivity contribution in [1.82, 2.24) is 19.3 Å². The lowest BCUT2D eigenvalue weighted by molar-refractivity contribution is -0.274. The second-order valence-electron chi connectivity index (χ2n) is 6.54. The van der Waals surface area contributed by atoms with Crippen molar-refractivity contribution in [3.8, 4) is 5.75 Å². The lowest BCUT2D eigenvalue weighted by Gasteiger charge is -2.28. The Morgan fingerprint density at radius 1 is 1.17 bits per heavy atom. The highest BCUT2D eigenvalue weighted by molar-refractivity contribution is 5.95. The van der Waals surface area contributed by atoms with Crippen LogP contribution in [-0.4, -0.2) is 25.7 Å². The van der Waals surface area contributed by atoms with Crippen molar-refractivity contribution >= 4 is 17.0 Å². The summed E-state index contributed by atoms with van der Waals surface area (Å²) in [7, 11) is 1.90. The largest absolute Gasteiger partial charge is 0.573 e. The molecule has 29 heavy (non-hydrogen) atoms. The first-order chi connectivity index (χ1) is 13.8. The molecular weight excluding hydrogens is 383 g/mol. The third-order valence-corrected chi connectivity index (χ3v) is 4.63. The SMILES string of the molecule is C=C1c2ncn(C)c2C(c2cnn(CC)c2)=CN1c1ccc(OC(F)(F)F)cc1. The molecule has 1 aliphatic rings. The number of alkyl halides is 3. The maximum Gasteiger partial charge on any atom is 0.573 e. The number of nitrogens with zero attached hydrogens (tertiary/aromatic N) is 5. The van der Waals surface area contributed by atoms with Gasteiger partial charge in [-0.15, -0.1) is 13.2 Å². The zero-order valence-corrected chi connectivity index (χ0v) is 15.8. The van der Waals surface area contributed by atoms with Gasteiger partial charge in [0.15, 0.2) is 0 Å². The summed E-state index contributed by atoms with van der Waals surface area (Å²) in [6, 6.07) is 5.63. The average molecular weight is 401 g/mol. The van der Waals surface area contributed by atoms with Crippen LogP contribution < -0.4 is 9.64 Å². The third kappa shape index (κ3) is 3.51. The minimum Gasteiger partial charge on any atom is -0.406 e. The molecule has 0 fully saturated rings. The first kappa shape index (κ1) is 18.9. The Morgan fingerprint density at radius 3 is 2.52 bits per heavy atom. The normalized spacial score (nSPS) is 14.0. The number of rotatable bonds is 4. The van der Waals surface area contributed by atoms with Crippen molar-refractivity contribution in [3.05, 3.63) is 72.7 Å². The highest BCUT2D eigenvalue weighted by atomic mass is 19.4. The lowest BCUT2D eigenvalue weighted by Crippen LogP contribution is -2.21. The summed E-state index contributed by atoms with van der Waals surface area (Å²) in [6.07, 6.45) is 2.58. The fourth-order valence-corrected chi connectivity index (χ4v) is 3.27. The van der Waals surface area contributed by atoms with Crippen LogP contribution in [0.3, 0.4) is 0 Å². The van der Waals surface area contributed by atoms with Crippen LogP contribution in [0.25, 0.3) is 11.3 Å². The van der Waals surface area contributed by atoms with Crippen LogP contribution >= 0.6 is 0 Å². The second kappa shape index (κ2) is 6.84. The highest BCUT2D eigenvalue weighted by Gasteiger charge is 2.31. The fraction of sp³-hybridized carbons (Fsp3) is 0.200. The Kier molecular flexibility index (Phi) is 4.45. The van der Waals surface area contributed by atoms with E-state index < -0.39 is 6.36 Å². The van der Waals surface area contributed by atoms with Gasteiger partial charge >= 0.3 is 6.36 Å². The van der Waals surface area contributed by atoms with Gasteiger partial charge in [-0.25, -0.2) is 4.98 Å². The molecule has 0 spiro atoms. The van der Waals surface area contributed by atoms with Gasteiger partial charge in [0.25, 0.3) is 0 Å². The standard InChI is InChI=1S/C20H18F3N5O/c1-4-27-10-14(9-25-27)17-11-28(13(2)18-19(17)26(3)12-24-18)15-5-7-16(8-6-15)29-20(21,22)23/h5-12H,2,4H2,1,3H3. The summed E-state index contributed by atoms with van der Waals surface area (Å²) < 4.78 is 45.0. The maximum atomic E-state index is 12.4. The number of hydrogen-bond donors (Lipinski definition) is 0. The van der Waals surface area contributed by atoms with Gasteiger partial charge in [-0.2, -0.15) is 5.10 Å². The summed E-state index contributed by atoms with van der Waals surface area (Å²) >= 11 is 0. The van der Waals surface area contributed by atoms with E-state index in [-0.39, 0.29) is 5.75 Å². The van der Waals surface area contributed by atoms with E-state index in [1.54, 1.807) is 29.6 Å². The van der Waals surface area contributed by atoms with Crippen LogP contribution in [0.15, 0.2) is 55.8 Å². The molecular formula is C20H18F3N5O.